The molecule has 0 saturated carbocycles. The molecule has 11 heteroatoms. The molecule has 0 atom stereocenters. The monoisotopic (exact) mass is 484 g/mol. The topological polar surface area (TPSA) is 108 Å². The first-order valence-electron chi connectivity index (χ1n) is 9.59. The van der Waals surface area contributed by atoms with Gasteiger partial charge in [-0.05, 0) is 30.3 Å². The van der Waals surface area contributed by atoms with Crippen molar-refractivity contribution in [2.24, 2.45) is 0 Å². The average Bonchev–Trinajstić information content (AvgIpc) is 3.24. The summed E-state index contributed by atoms with van der Waals surface area (Å²) in [5.74, 6) is -0.287. The normalized spacial score (nSPS) is 10.8. The first-order valence-corrected chi connectivity index (χ1v) is 10.8. The highest BCUT2D eigenvalue weighted by Crippen LogP contribution is 2.37. The van der Waals surface area contributed by atoms with Crippen LogP contribution in [0.25, 0.3) is 10.2 Å². The number of halogens is 1. The largest absolute Gasteiger partial charge is 0.493 e. The van der Waals surface area contributed by atoms with Gasteiger partial charge in [0, 0.05) is 17.3 Å². The molecule has 0 aliphatic heterocycles. The van der Waals surface area contributed by atoms with Crippen LogP contribution in [0.15, 0.2) is 54.7 Å². The Labute approximate surface area is 197 Å². The summed E-state index contributed by atoms with van der Waals surface area (Å²) in [7, 11) is 2.75. The minimum atomic E-state index is -0.633. The Bertz CT molecular complexity index is 1350. The summed E-state index contributed by atoms with van der Waals surface area (Å²) >= 11 is 7.35. The fourth-order valence-corrected chi connectivity index (χ4v) is 4.46. The lowest BCUT2D eigenvalue weighted by Gasteiger charge is -2.20. The molecule has 0 unspecified atom stereocenters. The van der Waals surface area contributed by atoms with Gasteiger partial charge < -0.3 is 9.47 Å². The molecule has 4 aromatic rings. The molecule has 0 aliphatic carbocycles. The predicted molar refractivity (Wildman–Crippen MR) is 126 cm³/mol. The highest BCUT2D eigenvalue weighted by atomic mass is 35.5. The number of aromatic nitrogens is 2. The zero-order valence-electron chi connectivity index (χ0n) is 17.5. The fraction of sp³-hybridized carbons (Fsp3) is 0.136. The van der Waals surface area contributed by atoms with E-state index in [1.807, 2.05) is 0 Å². The number of hydrogen-bond acceptors (Lipinski definition) is 8. The lowest BCUT2D eigenvalue weighted by atomic mass is 10.1. The maximum absolute atomic E-state index is 13.7. The van der Waals surface area contributed by atoms with E-state index < -0.39 is 16.5 Å². The molecule has 2 heterocycles. The smallest absolute Gasteiger partial charge is 0.286 e. The number of anilines is 1. The SMILES string of the molecule is COc1cc(C(=O)N(Cc2ccccn2)c2nc3ccc(Cl)cc3s2)c([N+](=O)[O-])cc1OC. The molecule has 0 N–H and O–H groups in total. The number of amides is 1. The molecule has 0 fully saturated rings. The van der Waals surface area contributed by atoms with Crippen LogP contribution in [0.2, 0.25) is 5.02 Å². The molecule has 1 amide bonds. The van der Waals surface area contributed by atoms with Gasteiger partial charge >= 0.3 is 0 Å². The number of nitro benzene ring substituents is 1. The highest BCUT2D eigenvalue weighted by Gasteiger charge is 2.30. The summed E-state index contributed by atoms with van der Waals surface area (Å²) in [6, 6.07) is 13.0. The number of rotatable bonds is 7. The van der Waals surface area contributed by atoms with Gasteiger partial charge in [-0.25, -0.2) is 4.98 Å². The molecule has 9 nitrogen and oxygen atoms in total. The summed E-state index contributed by atoms with van der Waals surface area (Å²) < 4.78 is 11.2. The van der Waals surface area contributed by atoms with E-state index in [2.05, 4.69) is 9.97 Å². The van der Waals surface area contributed by atoms with Crippen LogP contribution >= 0.6 is 22.9 Å². The van der Waals surface area contributed by atoms with E-state index in [4.69, 9.17) is 21.1 Å². The lowest BCUT2D eigenvalue weighted by Crippen LogP contribution is -2.31. The minimum absolute atomic E-state index is 0.0543. The van der Waals surface area contributed by atoms with Gasteiger partial charge in [-0.3, -0.25) is 24.8 Å². The van der Waals surface area contributed by atoms with Gasteiger partial charge in [0.2, 0.25) is 0 Å². The zero-order valence-corrected chi connectivity index (χ0v) is 19.1. The van der Waals surface area contributed by atoms with Crippen LogP contribution in [0.4, 0.5) is 10.8 Å². The number of benzene rings is 2. The van der Waals surface area contributed by atoms with Gasteiger partial charge in [0.1, 0.15) is 5.56 Å². The number of fused-ring (bicyclic) bond motifs is 1. The van der Waals surface area contributed by atoms with E-state index in [0.717, 1.165) is 4.70 Å². The van der Waals surface area contributed by atoms with Crippen molar-refractivity contribution in [3.05, 3.63) is 81.1 Å². The Morgan fingerprint density at radius 3 is 2.58 bits per heavy atom. The van der Waals surface area contributed by atoms with E-state index in [9.17, 15) is 14.9 Å². The van der Waals surface area contributed by atoms with Gasteiger partial charge in [0.15, 0.2) is 16.6 Å². The van der Waals surface area contributed by atoms with E-state index in [-0.39, 0.29) is 23.6 Å². The first kappa shape index (κ1) is 22.4. The van der Waals surface area contributed by atoms with Gasteiger partial charge in [-0.1, -0.05) is 29.0 Å². The van der Waals surface area contributed by atoms with Crippen molar-refractivity contribution in [2.75, 3.05) is 19.1 Å². The third kappa shape index (κ3) is 4.57. The zero-order chi connectivity index (χ0) is 23.5. The molecule has 2 aromatic heterocycles. The second kappa shape index (κ2) is 9.39. The predicted octanol–water partition coefficient (Wildman–Crippen LogP) is 5.12. The summed E-state index contributed by atoms with van der Waals surface area (Å²) in [4.78, 5) is 35.1. The second-order valence-corrected chi connectivity index (χ2v) is 8.25. The summed E-state index contributed by atoms with van der Waals surface area (Å²) in [5, 5.41) is 12.7. The van der Waals surface area contributed by atoms with Gasteiger partial charge in [-0.15, -0.1) is 0 Å². The standard InChI is InChI=1S/C22H17ClN4O5S/c1-31-18-10-15(17(27(29)30)11-19(18)32-2)21(28)26(12-14-5-3-4-8-24-14)22-25-16-7-6-13(23)9-20(16)33-22/h3-11H,12H2,1-2H3. The van der Waals surface area contributed by atoms with Crippen LogP contribution < -0.4 is 14.4 Å². The summed E-state index contributed by atoms with van der Waals surface area (Å²) in [5.41, 5.74) is 0.671. The molecular formula is C22H17ClN4O5S. The van der Waals surface area contributed by atoms with Crippen molar-refractivity contribution in [3.63, 3.8) is 0 Å². The van der Waals surface area contributed by atoms with Crippen molar-refractivity contribution < 1.29 is 19.2 Å². The molecule has 4 rings (SSSR count). The number of nitro groups is 1. The molecule has 168 valence electrons. The van der Waals surface area contributed by atoms with Crippen molar-refractivity contribution in [1.82, 2.24) is 9.97 Å². The molecule has 0 bridgehead atoms. The van der Waals surface area contributed by atoms with Crippen LogP contribution in [0, 0.1) is 10.1 Å². The molecule has 33 heavy (non-hydrogen) atoms. The van der Waals surface area contributed by atoms with Crippen LogP contribution in [0.1, 0.15) is 16.1 Å². The number of hydrogen-bond donors (Lipinski definition) is 0. The maximum Gasteiger partial charge on any atom is 0.286 e. The molecule has 0 spiro atoms. The lowest BCUT2D eigenvalue weighted by molar-refractivity contribution is -0.385. The van der Waals surface area contributed by atoms with E-state index in [1.54, 1.807) is 42.6 Å². The van der Waals surface area contributed by atoms with Crippen LogP contribution in [0.3, 0.4) is 0 Å². The quantitative estimate of drug-likeness (QED) is 0.264. The van der Waals surface area contributed by atoms with E-state index >= 15 is 0 Å². The third-order valence-corrected chi connectivity index (χ3v) is 6.07. The van der Waals surface area contributed by atoms with E-state index in [0.29, 0.717) is 21.4 Å². The first-order chi connectivity index (χ1) is 15.9. The molecule has 0 saturated heterocycles. The number of methoxy groups -OCH3 is 2. The number of nitrogens with zero attached hydrogens (tertiary/aromatic N) is 4. The number of thiazole rings is 1. The van der Waals surface area contributed by atoms with Crippen molar-refractivity contribution >= 4 is 49.9 Å². The summed E-state index contributed by atoms with van der Waals surface area (Å²) in [6.45, 7) is 0.0543. The fourth-order valence-electron chi connectivity index (χ4n) is 3.22. The Hall–Kier alpha value is -3.76. The van der Waals surface area contributed by atoms with Crippen molar-refractivity contribution in [3.8, 4) is 11.5 Å². The Kier molecular flexibility index (Phi) is 6.38. The molecular weight excluding hydrogens is 468 g/mol. The molecule has 0 aliphatic rings. The van der Waals surface area contributed by atoms with Crippen LogP contribution in [-0.4, -0.2) is 35.0 Å². The Morgan fingerprint density at radius 1 is 1.15 bits per heavy atom. The van der Waals surface area contributed by atoms with Crippen molar-refractivity contribution in [1.29, 1.82) is 0 Å². The van der Waals surface area contributed by atoms with Gasteiger partial charge in [-0.2, -0.15) is 0 Å². The molecule has 0 radical (unpaired) electrons. The highest BCUT2D eigenvalue weighted by molar-refractivity contribution is 7.22. The second-order valence-electron chi connectivity index (χ2n) is 6.80. The third-order valence-electron chi connectivity index (χ3n) is 4.79. The van der Waals surface area contributed by atoms with Gasteiger partial charge in [0.25, 0.3) is 11.6 Å². The minimum Gasteiger partial charge on any atom is -0.493 e. The van der Waals surface area contributed by atoms with Gasteiger partial charge in [0.05, 0.1) is 47.7 Å². The Balaban J connectivity index is 1.86. The maximum atomic E-state index is 13.7. The number of carbonyl (C=O) groups excluding carboxylic acids is 1. The van der Waals surface area contributed by atoms with Crippen LogP contribution in [-0.2, 0) is 6.54 Å². The van der Waals surface area contributed by atoms with Crippen LogP contribution in [0.5, 0.6) is 11.5 Å². The van der Waals surface area contributed by atoms with Crippen molar-refractivity contribution in [2.45, 2.75) is 6.54 Å². The average molecular weight is 485 g/mol. The van der Waals surface area contributed by atoms with E-state index in [1.165, 1.54) is 42.6 Å². The number of carbonyl (C=O) groups is 1. The molecule has 2 aromatic carbocycles. The number of pyridine rings is 1. The Morgan fingerprint density at radius 2 is 1.91 bits per heavy atom. The summed E-state index contributed by atoms with van der Waals surface area (Å²) in [6.07, 6.45) is 1.61. The number of ether oxygens (including phenoxy) is 2.